The lowest BCUT2D eigenvalue weighted by Gasteiger charge is -2.47. The molecule has 3 aliphatic rings. The molecule has 0 heterocycles. The summed E-state index contributed by atoms with van der Waals surface area (Å²) >= 11 is 0. The third kappa shape index (κ3) is 2.49. The van der Waals surface area contributed by atoms with E-state index >= 15 is 0 Å². The minimum absolute atomic E-state index is 0.845. The predicted octanol–water partition coefficient (Wildman–Crippen LogP) is 1.94. The smallest absolute Gasteiger partial charge is 0.00125 e. The standard InChI is InChI=1S/C14H26N2/c1-15(2)9-13-11-5-7-12(8-6-11)14(13)10-16(3)4/h5,7,11-14H,6,8-10H2,1-4H3. The Balaban J connectivity index is 2.09. The van der Waals surface area contributed by atoms with Crippen molar-refractivity contribution in [3.8, 4) is 0 Å². The second-order valence-electron chi connectivity index (χ2n) is 6.14. The van der Waals surface area contributed by atoms with Crippen molar-refractivity contribution in [3.05, 3.63) is 12.2 Å². The Morgan fingerprint density at radius 3 is 1.44 bits per heavy atom. The number of fused-ring (bicyclic) bond motifs is 2. The molecule has 0 radical (unpaired) electrons. The van der Waals surface area contributed by atoms with E-state index in [0.29, 0.717) is 0 Å². The van der Waals surface area contributed by atoms with E-state index in [9.17, 15) is 0 Å². The number of hydrogen-bond acceptors (Lipinski definition) is 2. The maximum absolute atomic E-state index is 2.49. The Morgan fingerprint density at radius 1 is 0.812 bits per heavy atom. The highest BCUT2D eigenvalue weighted by Crippen LogP contribution is 2.45. The molecule has 1 fully saturated rings. The molecule has 4 atom stereocenters. The summed E-state index contributed by atoms with van der Waals surface area (Å²) in [4.78, 5) is 4.73. The first-order valence-corrected chi connectivity index (χ1v) is 6.55. The van der Waals surface area contributed by atoms with Crippen LogP contribution in [0.4, 0.5) is 0 Å². The summed E-state index contributed by atoms with van der Waals surface area (Å²) in [5.41, 5.74) is 0. The molecule has 0 aromatic carbocycles. The molecule has 0 N–H and O–H groups in total. The SMILES string of the molecule is CN(C)CC1C2C=CC(CC2)C1CN(C)C. The first-order valence-electron chi connectivity index (χ1n) is 6.55. The van der Waals surface area contributed by atoms with Crippen molar-refractivity contribution in [2.24, 2.45) is 23.7 Å². The van der Waals surface area contributed by atoms with E-state index in [2.05, 4.69) is 50.1 Å². The van der Waals surface area contributed by atoms with E-state index in [1.54, 1.807) is 0 Å². The van der Waals surface area contributed by atoms with Crippen LogP contribution >= 0.6 is 0 Å². The number of nitrogens with zero attached hydrogens (tertiary/aromatic N) is 2. The topological polar surface area (TPSA) is 6.48 Å². The summed E-state index contributed by atoms with van der Waals surface area (Å²) in [5, 5.41) is 0. The average molecular weight is 222 g/mol. The highest BCUT2D eigenvalue weighted by atomic mass is 15.1. The van der Waals surface area contributed by atoms with E-state index in [0.717, 1.165) is 23.7 Å². The van der Waals surface area contributed by atoms with Crippen LogP contribution in [0.2, 0.25) is 0 Å². The quantitative estimate of drug-likeness (QED) is 0.671. The number of hydrogen-bond donors (Lipinski definition) is 0. The van der Waals surface area contributed by atoms with Crippen LogP contribution in [0.5, 0.6) is 0 Å². The lowest BCUT2D eigenvalue weighted by Crippen LogP contribution is -2.45. The summed E-state index contributed by atoms with van der Waals surface area (Å²) < 4.78 is 0. The van der Waals surface area contributed by atoms with Crippen molar-refractivity contribution in [2.75, 3.05) is 41.3 Å². The van der Waals surface area contributed by atoms with Gasteiger partial charge in [-0.2, -0.15) is 0 Å². The van der Waals surface area contributed by atoms with Crippen molar-refractivity contribution in [2.45, 2.75) is 12.8 Å². The van der Waals surface area contributed by atoms with E-state index in [1.165, 1.54) is 25.9 Å². The fourth-order valence-electron chi connectivity index (χ4n) is 3.60. The van der Waals surface area contributed by atoms with Gasteiger partial charge in [0.2, 0.25) is 0 Å². The Kier molecular flexibility index (Phi) is 3.70. The average Bonchev–Trinajstić information content (AvgIpc) is 2.22. The lowest BCUT2D eigenvalue weighted by atomic mass is 9.62. The molecule has 16 heavy (non-hydrogen) atoms. The van der Waals surface area contributed by atoms with Gasteiger partial charge in [-0.25, -0.2) is 0 Å². The molecule has 0 amide bonds. The molecule has 3 rings (SSSR count). The number of allylic oxidation sites excluding steroid dienone is 2. The fourth-order valence-corrected chi connectivity index (χ4v) is 3.60. The first kappa shape index (κ1) is 12.1. The molecule has 92 valence electrons. The van der Waals surface area contributed by atoms with Crippen molar-refractivity contribution in [1.29, 1.82) is 0 Å². The van der Waals surface area contributed by atoms with Crippen LogP contribution in [0.1, 0.15) is 12.8 Å². The van der Waals surface area contributed by atoms with Gasteiger partial charge in [0.1, 0.15) is 0 Å². The van der Waals surface area contributed by atoms with Crippen LogP contribution in [0.3, 0.4) is 0 Å². The van der Waals surface area contributed by atoms with Crippen molar-refractivity contribution in [3.63, 3.8) is 0 Å². The van der Waals surface area contributed by atoms with Crippen LogP contribution in [0.15, 0.2) is 12.2 Å². The monoisotopic (exact) mass is 222 g/mol. The summed E-state index contributed by atoms with van der Waals surface area (Å²) in [6.07, 6.45) is 7.83. The molecule has 1 saturated carbocycles. The maximum atomic E-state index is 2.49. The van der Waals surface area contributed by atoms with Crippen molar-refractivity contribution < 1.29 is 0 Å². The Morgan fingerprint density at radius 2 is 1.19 bits per heavy atom. The molecule has 0 saturated heterocycles. The normalized spacial score (nSPS) is 37.6. The van der Waals surface area contributed by atoms with Gasteiger partial charge in [0, 0.05) is 13.1 Å². The molecule has 2 bridgehead atoms. The Labute approximate surface area is 100 Å². The minimum Gasteiger partial charge on any atom is -0.309 e. The number of rotatable bonds is 4. The van der Waals surface area contributed by atoms with Crippen molar-refractivity contribution in [1.82, 2.24) is 9.80 Å². The highest BCUT2D eigenvalue weighted by Gasteiger charge is 2.40. The second-order valence-corrected chi connectivity index (χ2v) is 6.14. The van der Waals surface area contributed by atoms with Gasteiger partial charge >= 0.3 is 0 Å². The second kappa shape index (κ2) is 4.89. The van der Waals surface area contributed by atoms with Crippen LogP contribution in [0.25, 0.3) is 0 Å². The van der Waals surface area contributed by atoms with Gasteiger partial charge in [-0.1, -0.05) is 12.2 Å². The third-order valence-electron chi connectivity index (χ3n) is 4.24. The minimum atomic E-state index is 0.845. The van der Waals surface area contributed by atoms with Gasteiger partial charge in [-0.05, 0) is 64.7 Å². The van der Waals surface area contributed by atoms with Gasteiger partial charge < -0.3 is 9.80 Å². The van der Waals surface area contributed by atoms with Gasteiger partial charge in [-0.15, -0.1) is 0 Å². The van der Waals surface area contributed by atoms with Crippen LogP contribution in [0, 0.1) is 23.7 Å². The van der Waals surface area contributed by atoms with Gasteiger partial charge in [0.15, 0.2) is 0 Å². The highest BCUT2D eigenvalue weighted by molar-refractivity contribution is 5.10. The van der Waals surface area contributed by atoms with Gasteiger partial charge in [0.05, 0.1) is 0 Å². The third-order valence-corrected chi connectivity index (χ3v) is 4.24. The fraction of sp³-hybridized carbons (Fsp3) is 0.857. The summed E-state index contributed by atoms with van der Waals surface area (Å²) in [7, 11) is 8.83. The first-order chi connectivity index (χ1) is 7.58. The Bertz CT molecular complexity index is 231. The van der Waals surface area contributed by atoms with E-state index in [1.807, 2.05) is 0 Å². The van der Waals surface area contributed by atoms with Gasteiger partial charge in [0.25, 0.3) is 0 Å². The molecule has 3 aliphatic carbocycles. The summed E-state index contributed by atoms with van der Waals surface area (Å²) in [6.45, 7) is 2.51. The van der Waals surface area contributed by atoms with Crippen molar-refractivity contribution >= 4 is 0 Å². The lowest BCUT2D eigenvalue weighted by molar-refractivity contribution is 0.0741. The van der Waals surface area contributed by atoms with Crippen LogP contribution in [-0.4, -0.2) is 51.1 Å². The molecule has 0 aliphatic heterocycles. The van der Waals surface area contributed by atoms with Gasteiger partial charge in [-0.3, -0.25) is 0 Å². The van der Waals surface area contributed by atoms with E-state index < -0.39 is 0 Å². The molecular formula is C14H26N2. The maximum Gasteiger partial charge on any atom is 0.00125 e. The molecule has 2 heteroatoms. The molecule has 0 aromatic heterocycles. The molecule has 0 spiro atoms. The molecular weight excluding hydrogens is 196 g/mol. The zero-order valence-electron chi connectivity index (χ0n) is 11.2. The molecule has 2 nitrogen and oxygen atoms in total. The largest absolute Gasteiger partial charge is 0.309 e. The van der Waals surface area contributed by atoms with Crippen LogP contribution < -0.4 is 0 Å². The zero-order chi connectivity index (χ0) is 11.7. The molecule has 0 aromatic rings. The summed E-state index contributed by atoms with van der Waals surface area (Å²) in [5.74, 6) is 3.44. The molecule has 4 unspecified atom stereocenters. The Hall–Kier alpha value is -0.340. The van der Waals surface area contributed by atoms with E-state index in [4.69, 9.17) is 0 Å². The predicted molar refractivity (Wildman–Crippen MR) is 69.4 cm³/mol. The van der Waals surface area contributed by atoms with E-state index in [-0.39, 0.29) is 0 Å². The summed E-state index contributed by atoms with van der Waals surface area (Å²) in [6, 6.07) is 0. The van der Waals surface area contributed by atoms with Crippen LogP contribution in [-0.2, 0) is 0 Å². The zero-order valence-corrected chi connectivity index (χ0v) is 11.2.